The number of rotatable bonds is 6. The molecule has 0 aliphatic rings. The molecule has 7 heteroatoms. The van der Waals surface area contributed by atoms with Crippen LogP contribution in [0.3, 0.4) is 0 Å². The minimum absolute atomic E-state index is 0.187. The van der Waals surface area contributed by atoms with E-state index in [1.165, 1.54) is 25.2 Å². The summed E-state index contributed by atoms with van der Waals surface area (Å²) in [4.78, 5) is 24.7. The number of hydrogen-bond donors (Lipinski definition) is 0. The summed E-state index contributed by atoms with van der Waals surface area (Å²) in [6.07, 6.45) is 0. The predicted molar refractivity (Wildman–Crippen MR) is 65.4 cm³/mol. The third-order valence-electron chi connectivity index (χ3n) is 2.56. The monoisotopic (exact) mass is 270 g/mol. The summed E-state index contributed by atoms with van der Waals surface area (Å²) in [5.74, 6) is -0.605. The highest BCUT2D eigenvalue weighted by Crippen LogP contribution is 2.09. The first-order valence-corrected chi connectivity index (χ1v) is 5.77. The molecule has 0 fully saturated rings. The van der Waals surface area contributed by atoms with E-state index in [9.17, 15) is 9.59 Å². The number of aromatic nitrogens is 1. The van der Waals surface area contributed by atoms with Crippen LogP contribution in [0, 0.1) is 5.92 Å². The van der Waals surface area contributed by atoms with Gasteiger partial charge in [-0.05, 0) is 0 Å². The van der Waals surface area contributed by atoms with Gasteiger partial charge in [0.1, 0.15) is 6.61 Å². The molecule has 1 aromatic rings. The molecule has 1 amide bonds. The number of ether oxygens (including phenoxy) is 2. The number of nitrogens with zero attached hydrogens (tertiary/aromatic N) is 2. The van der Waals surface area contributed by atoms with Crippen LogP contribution < -0.4 is 0 Å². The molecule has 0 aromatic carbocycles. The van der Waals surface area contributed by atoms with Crippen LogP contribution in [0.1, 0.15) is 23.2 Å². The van der Waals surface area contributed by atoms with Gasteiger partial charge in [-0.15, -0.1) is 0 Å². The second-order valence-corrected chi connectivity index (χ2v) is 4.22. The zero-order chi connectivity index (χ0) is 14.4. The van der Waals surface area contributed by atoms with Crippen molar-refractivity contribution in [3.05, 3.63) is 17.5 Å². The summed E-state index contributed by atoms with van der Waals surface area (Å²) in [6, 6.07) is 1.52. The first-order valence-electron chi connectivity index (χ1n) is 5.77. The highest BCUT2D eigenvalue weighted by atomic mass is 16.5. The third kappa shape index (κ3) is 4.06. The predicted octanol–water partition coefficient (Wildman–Crippen LogP) is 0.702. The van der Waals surface area contributed by atoms with Gasteiger partial charge in [0.2, 0.25) is 0 Å². The third-order valence-corrected chi connectivity index (χ3v) is 2.56. The molecule has 106 valence electrons. The molecule has 19 heavy (non-hydrogen) atoms. The summed E-state index contributed by atoms with van der Waals surface area (Å²) in [7, 11) is 4.43. The smallest absolute Gasteiger partial charge is 0.310 e. The molecule has 0 spiro atoms. The maximum atomic E-state index is 12.0. The minimum atomic E-state index is -0.399. The van der Waals surface area contributed by atoms with Crippen molar-refractivity contribution in [2.45, 2.75) is 13.5 Å². The van der Waals surface area contributed by atoms with Gasteiger partial charge < -0.3 is 18.9 Å². The second kappa shape index (κ2) is 6.89. The molecule has 1 aromatic heterocycles. The number of carbonyl (C=O) groups is 2. The zero-order valence-electron chi connectivity index (χ0n) is 11.5. The van der Waals surface area contributed by atoms with Crippen LogP contribution in [-0.2, 0) is 20.9 Å². The van der Waals surface area contributed by atoms with Crippen molar-refractivity contribution in [1.29, 1.82) is 0 Å². The van der Waals surface area contributed by atoms with E-state index in [0.717, 1.165) is 0 Å². The van der Waals surface area contributed by atoms with Gasteiger partial charge in [-0.3, -0.25) is 9.59 Å². The van der Waals surface area contributed by atoms with E-state index in [-0.39, 0.29) is 30.7 Å². The van der Waals surface area contributed by atoms with Crippen LogP contribution in [-0.4, -0.2) is 49.7 Å². The summed E-state index contributed by atoms with van der Waals surface area (Å²) in [5.41, 5.74) is 0.187. The lowest BCUT2D eigenvalue weighted by Gasteiger charge is -2.18. The summed E-state index contributed by atoms with van der Waals surface area (Å²) >= 11 is 0. The van der Waals surface area contributed by atoms with Crippen molar-refractivity contribution in [2.75, 3.05) is 27.8 Å². The minimum Gasteiger partial charge on any atom is -0.469 e. The van der Waals surface area contributed by atoms with E-state index >= 15 is 0 Å². The van der Waals surface area contributed by atoms with Crippen molar-refractivity contribution in [3.63, 3.8) is 0 Å². The van der Waals surface area contributed by atoms with Crippen molar-refractivity contribution < 1.29 is 23.6 Å². The standard InChI is InChI=1S/C12H18N2O5/c1-8(12(16)18-4)6-14(2)11(15)10-5-9(7-17-3)19-13-10/h5,8H,6-7H2,1-4H3. The Bertz CT molecular complexity index is 443. The molecule has 1 rings (SSSR count). The Morgan fingerprint density at radius 3 is 2.74 bits per heavy atom. The van der Waals surface area contributed by atoms with Gasteiger partial charge in [0, 0.05) is 26.8 Å². The zero-order valence-corrected chi connectivity index (χ0v) is 11.5. The Morgan fingerprint density at radius 1 is 1.47 bits per heavy atom. The van der Waals surface area contributed by atoms with E-state index < -0.39 is 5.92 Å². The fourth-order valence-corrected chi connectivity index (χ4v) is 1.59. The normalized spacial score (nSPS) is 12.0. The highest BCUT2D eigenvalue weighted by molar-refractivity contribution is 5.92. The first kappa shape index (κ1) is 15.2. The maximum Gasteiger partial charge on any atom is 0.310 e. The number of methoxy groups -OCH3 is 2. The Morgan fingerprint density at radius 2 is 2.16 bits per heavy atom. The summed E-state index contributed by atoms with van der Waals surface area (Å²) in [5, 5.41) is 3.67. The van der Waals surface area contributed by atoms with Gasteiger partial charge in [-0.2, -0.15) is 0 Å². The van der Waals surface area contributed by atoms with E-state index in [0.29, 0.717) is 5.76 Å². The number of esters is 1. The van der Waals surface area contributed by atoms with E-state index in [4.69, 9.17) is 9.26 Å². The van der Waals surface area contributed by atoms with E-state index in [1.54, 1.807) is 14.0 Å². The highest BCUT2D eigenvalue weighted by Gasteiger charge is 2.22. The summed E-state index contributed by atoms with van der Waals surface area (Å²) in [6.45, 7) is 2.19. The van der Waals surface area contributed by atoms with Crippen molar-refractivity contribution in [1.82, 2.24) is 10.1 Å². The topological polar surface area (TPSA) is 81.9 Å². The Kier molecular flexibility index (Phi) is 5.50. The van der Waals surface area contributed by atoms with Crippen molar-refractivity contribution in [3.8, 4) is 0 Å². The molecule has 0 aliphatic heterocycles. The van der Waals surface area contributed by atoms with Crippen LogP contribution in [0.5, 0.6) is 0 Å². The Balaban J connectivity index is 2.63. The van der Waals surface area contributed by atoms with Crippen LogP contribution in [0.2, 0.25) is 0 Å². The van der Waals surface area contributed by atoms with Crippen LogP contribution in [0.15, 0.2) is 10.6 Å². The first-order chi connectivity index (χ1) is 8.99. The van der Waals surface area contributed by atoms with Gasteiger partial charge in [0.05, 0.1) is 13.0 Å². The molecule has 1 heterocycles. The molecular weight excluding hydrogens is 252 g/mol. The summed E-state index contributed by atoms with van der Waals surface area (Å²) < 4.78 is 14.4. The molecule has 0 N–H and O–H groups in total. The van der Waals surface area contributed by atoms with Crippen LogP contribution in [0.25, 0.3) is 0 Å². The number of carbonyl (C=O) groups excluding carboxylic acids is 2. The van der Waals surface area contributed by atoms with Crippen LogP contribution in [0.4, 0.5) is 0 Å². The lowest BCUT2D eigenvalue weighted by Crippen LogP contribution is -2.34. The largest absolute Gasteiger partial charge is 0.469 e. The average Bonchev–Trinajstić information content (AvgIpc) is 2.85. The molecule has 7 nitrogen and oxygen atoms in total. The van der Waals surface area contributed by atoms with E-state index in [2.05, 4.69) is 9.89 Å². The van der Waals surface area contributed by atoms with Gasteiger partial charge in [-0.1, -0.05) is 12.1 Å². The maximum absolute atomic E-state index is 12.0. The molecule has 0 radical (unpaired) electrons. The molecule has 1 atom stereocenters. The molecule has 0 saturated heterocycles. The van der Waals surface area contributed by atoms with Gasteiger partial charge in [-0.25, -0.2) is 0 Å². The molecule has 0 bridgehead atoms. The van der Waals surface area contributed by atoms with Gasteiger partial charge in [0.25, 0.3) is 5.91 Å². The van der Waals surface area contributed by atoms with Crippen LogP contribution >= 0.6 is 0 Å². The van der Waals surface area contributed by atoms with E-state index in [1.807, 2.05) is 0 Å². The van der Waals surface area contributed by atoms with Gasteiger partial charge in [0.15, 0.2) is 11.5 Å². The Labute approximate surface area is 111 Å². The number of amides is 1. The Hall–Kier alpha value is -1.89. The fraction of sp³-hybridized carbons (Fsp3) is 0.583. The molecule has 1 unspecified atom stereocenters. The molecular formula is C12H18N2O5. The SMILES string of the molecule is COCc1cc(C(=O)N(C)CC(C)C(=O)OC)no1. The number of hydrogen-bond acceptors (Lipinski definition) is 6. The second-order valence-electron chi connectivity index (χ2n) is 4.22. The molecule has 0 aliphatic carbocycles. The van der Waals surface area contributed by atoms with Gasteiger partial charge >= 0.3 is 5.97 Å². The lowest BCUT2D eigenvalue weighted by molar-refractivity contribution is -0.145. The lowest BCUT2D eigenvalue weighted by atomic mass is 10.1. The molecule has 0 saturated carbocycles. The van der Waals surface area contributed by atoms with Crippen molar-refractivity contribution >= 4 is 11.9 Å². The fourth-order valence-electron chi connectivity index (χ4n) is 1.59. The van der Waals surface area contributed by atoms with Crippen molar-refractivity contribution in [2.24, 2.45) is 5.92 Å². The average molecular weight is 270 g/mol. The quantitative estimate of drug-likeness (QED) is 0.708.